The fourth-order valence-corrected chi connectivity index (χ4v) is 6.05. The van der Waals surface area contributed by atoms with Gasteiger partial charge in [0, 0.05) is 26.2 Å². The molecule has 1 heterocycles. The molecule has 9 heteroatoms. The Morgan fingerprint density at radius 1 is 0.833 bits per heavy atom. The highest BCUT2D eigenvalue weighted by Gasteiger charge is 2.26. The van der Waals surface area contributed by atoms with Crippen LogP contribution in [0.25, 0.3) is 0 Å². The molecule has 1 saturated heterocycles. The van der Waals surface area contributed by atoms with Crippen LogP contribution in [0, 0.1) is 0 Å². The Labute approximate surface area is 179 Å². The highest BCUT2D eigenvalue weighted by molar-refractivity contribution is 7.89. The lowest BCUT2D eigenvalue weighted by Gasteiger charge is -2.25. The van der Waals surface area contributed by atoms with Gasteiger partial charge in [0.1, 0.15) is 0 Å². The molecule has 0 aromatic heterocycles. The second kappa shape index (κ2) is 9.57. The second-order valence-corrected chi connectivity index (χ2v) is 11.5. The molecule has 2 aromatic rings. The standard InChI is InChI=1S/C21H29N3O4S2/c1-23(2)17-19-9-5-4-8-18(19)16-22-29(25,26)20-10-12-21(13-11-20)30(27,28)24-14-6-3-7-15-24/h4-5,8-13,22H,3,6-7,14-17H2,1-2H3. The SMILES string of the molecule is CN(C)Cc1ccccc1CNS(=O)(=O)c1ccc(S(=O)(=O)N2CCCCC2)cc1. The van der Waals surface area contributed by atoms with Crippen LogP contribution in [-0.2, 0) is 33.1 Å². The van der Waals surface area contributed by atoms with Gasteiger partial charge in [-0.1, -0.05) is 30.7 Å². The zero-order chi connectivity index (χ0) is 21.8. The average Bonchev–Trinajstić information content (AvgIpc) is 2.73. The lowest BCUT2D eigenvalue weighted by Crippen LogP contribution is -2.35. The van der Waals surface area contributed by atoms with Crippen LogP contribution >= 0.6 is 0 Å². The molecule has 1 aliphatic heterocycles. The Hall–Kier alpha value is -1.78. The molecule has 30 heavy (non-hydrogen) atoms. The largest absolute Gasteiger partial charge is 0.305 e. The van der Waals surface area contributed by atoms with E-state index in [1.54, 1.807) is 0 Å². The first-order valence-electron chi connectivity index (χ1n) is 10.0. The van der Waals surface area contributed by atoms with E-state index < -0.39 is 20.0 Å². The molecule has 0 amide bonds. The van der Waals surface area contributed by atoms with E-state index in [1.807, 2.05) is 43.3 Å². The van der Waals surface area contributed by atoms with Gasteiger partial charge in [-0.15, -0.1) is 0 Å². The highest BCUT2D eigenvalue weighted by Crippen LogP contribution is 2.22. The Morgan fingerprint density at radius 3 is 2.00 bits per heavy atom. The van der Waals surface area contributed by atoms with Gasteiger partial charge in [0.15, 0.2) is 0 Å². The van der Waals surface area contributed by atoms with Gasteiger partial charge in [0.05, 0.1) is 9.79 Å². The van der Waals surface area contributed by atoms with E-state index in [-0.39, 0.29) is 16.3 Å². The van der Waals surface area contributed by atoms with Crippen molar-refractivity contribution in [1.29, 1.82) is 0 Å². The van der Waals surface area contributed by atoms with Crippen LogP contribution in [0.3, 0.4) is 0 Å². The summed E-state index contributed by atoms with van der Waals surface area (Å²) in [6.45, 7) is 1.90. The normalized spacial score (nSPS) is 16.1. The maximum Gasteiger partial charge on any atom is 0.243 e. The quantitative estimate of drug-likeness (QED) is 0.666. The summed E-state index contributed by atoms with van der Waals surface area (Å²) in [5.74, 6) is 0. The monoisotopic (exact) mass is 451 g/mol. The van der Waals surface area contributed by atoms with E-state index >= 15 is 0 Å². The second-order valence-electron chi connectivity index (χ2n) is 7.77. The van der Waals surface area contributed by atoms with Gasteiger partial charge in [0.25, 0.3) is 0 Å². The molecular formula is C21H29N3O4S2. The minimum Gasteiger partial charge on any atom is -0.305 e. The van der Waals surface area contributed by atoms with E-state index in [9.17, 15) is 16.8 Å². The van der Waals surface area contributed by atoms with Crippen molar-refractivity contribution in [3.05, 3.63) is 59.7 Å². The van der Waals surface area contributed by atoms with Crippen LogP contribution in [-0.4, -0.2) is 53.2 Å². The zero-order valence-electron chi connectivity index (χ0n) is 17.4. The van der Waals surface area contributed by atoms with Crippen molar-refractivity contribution >= 4 is 20.0 Å². The van der Waals surface area contributed by atoms with Crippen LogP contribution in [0.2, 0.25) is 0 Å². The highest BCUT2D eigenvalue weighted by atomic mass is 32.2. The number of hydrogen-bond acceptors (Lipinski definition) is 5. The summed E-state index contributed by atoms with van der Waals surface area (Å²) >= 11 is 0. The number of sulfonamides is 2. The maximum atomic E-state index is 12.7. The van der Waals surface area contributed by atoms with Gasteiger partial charge in [-0.2, -0.15) is 4.31 Å². The summed E-state index contributed by atoms with van der Waals surface area (Å²) in [7, 11) is -3.43. The third-order valence-corrected chi connectivity index (χ3v) is 8.47. The Balaban J connectivity index is 1.73. The Morgan fingerprint density at radius 2 is 1.40 bits per heavy atom. The van der Waals surface area contributed by atoms with E-state index in [0.29, 0.717) is 19.6 Å². The van der Waals surface area contributed by atoms with Crippen molar-refractivity contribution in [3.63, 3.8) is 0 Å². The van der Waals surface area contributed by atoms with E-state index in [1.165, 1.54) is 28.6 Å². The molecule has 0 spiro atoms. The van der Waals surface area contributed by atoms with Crippen molar-refractivity contribution in [2.45, 2.75) is 42.1 Å². The van der Waals surface area contributed by atoms with Crippen molar-refractivity contribution in [2.75, 3.05) is 27.2 Å². The van der Waals surface area contributed by atoms with Gasteiger partial charge in [0.2, 0.25) is 20.0 Å². The first-order chi connectivity index (χ1) is 14.2. The Bertz CT molecular complexity index is 1060. The molecular weight excluding hydrogens is 422 g/mol. The van der Waals surface area contributed by atoms with E-state index in [0.717, 1.165) is 30.4 Å². The average molecular weight is 452 g/mol. The van der Waals surface area contributed by atoms with E-state index in [2.05, 4.69) is 4.72 Å². The van der Waals surface area contributed by atoms with Crippen LogP contribution in [0.5, 0.6) is 0 Å². The fourth-order valence-electron chi connectivity index (χ4n) is 3.53. The molecule has 0 bridgehead atoms. The van der Waals surface area contributed by atoms with Gasteiger partial charge in [-0.05, 0) is 62.3 Å². The fraction of sp³-hybridized carbons (Fsp3) is 0.429. The molecule has 164 valence electrons. The third-order valence-electron chi connectivity index (χ3n) is 5.14. The summed E-state index contributed by atoms with van der Waals surface area (Å²) in [5.41, 5.74) is 1.95. The van der Waals surface area contributed by atoms with Crippen molar-refractivity contribution in [3.8, 4) is 0 Å². The van der Waals surface area contributed by atoms with Crippen molar-refractivity contribution < 1.29 is 16.8 Å². The van der Waals surface area contributed by atoms with Crippen LogP contribution in [0.1, 0.15) is 30.4 Å². The molecule has 0 atom stereocenters. The number of piperidine rings is 1. The first-order valence-corrected chi connectivity index (χ1v) is 12.9. The lowest BCUT2D eigenvalue weighted by molar-refractivity contribution is 0.346. The van der Waals surface area contributed by atoms with Gasteiger partial charge in [-0.25, -0.2) is 21.6 Å². The van der Waals surface area contributed by atoms with Crippen LogP contribution < -0.4 is 4.72 Å². The third kappa shape index (κ3) is 5.47. The zero-order valence-corrected chi connectivity index (χ0v) is 19.0. The molecule has 1 N–H and O–H groups in total. The number of hydrogen-bond donors (Lipinski definition) is 1. The van der Waals surface area contributed by atoms with Gasteiger partial charge in [-0.3, -0.25) is 0 Å². The van der Waals surface area contributed by atoms with Gasteiger partial charge >= 0.3 is 0 Å². The maximum absolute atomic E-state index is 12.7. The summed E-state index contributed by atoms with van der Waals surface area (Å²) in [6, 6.07) is 13.1. The molecule has 0 aliphatic carbocycles. The summed E-state index contributed by atoms with van der Waals surface area (Å²) in [4.78, 5) is 2.19. The van der Waals surface area contributed by atoms with Gasteiger partial charge < -0.3 is 4.90 Å². The molecule has 0 saturated carbocycles. The smallest absolute Gasteiger partial charge is 0.243 e. The topological polar surface area (TPSA) is 86.8 Å². The molecule has 7 nitrogen and oxygen atoms in total. The van der Waals surface area contributed by atoms with Crippen molar-refractivity contribution in [2.24, 2.45) is 0 Å². The summed E-state index contributed by atoms with van der Waals surface area (Å²) < 4.78 is 55.0. The summed E-state index contributed by atoms with van der Waals surface area (Å²) in [6.07, 6.45) is 2.74. The molecule has 2 aromatic carbocycles. The van der Waals surface area contributed by atoms with Crippen LogP contribution in [0.15, 0.2) is 58.3 Å². The first kappa shape index (κ1) is 22.9. The van der Waals surface area contributed by atoms with E-state index in [4.69, 9.17) is 0 Å². The minimum absolute atomic E-state index is 0.0465. The van der Waals surface area contributed by atoms with Crippen LogP contribution in [0.4, 0.5) is 0 Å². The predicted octanol–water partition coefficient (Wildman–Crippen LogP) is 2.40. The minimum atomic E-state index is -3.76. The number of nitrogens with zero attached hydrogens (tertiary/aromatic N) is 2. The van der Waals surface area contributed by atoms with Crippen molar-refractivity contribution in [1.82, 2.24) is 13.9 Å². The Kier molecular flexibility index (Phi) is 7.30. The number of nitrogens with one attached hydrogen (secondary N) is 1. The number of rotatable bonds is 8. The molecule has 1 aliphatic rings. The molecule has 0 unspecified atom stereocenters. The summed E-state index contributed by atoms with van der Waals surface area (Å²) in [5, 5.41) is 0. The molecule has 1 fully saturated rings. The predicted molar refractivity (Wildman–Crippen MR) is 117 cm³/mol. The molecule has 0 radical (unpaired) electrons. The molecule has 3 rings (SSSR count). The lowest BCUT2D eigenvalue weighted by atomic mass is 10.1. The number of benzene rings is 2.